The zero-order chi connectivity index (χ0) is 15.7. The monoisotopic (exact) mass is 306 g/mol. The molecule has 0 bridgehead atoms. The molecule has 2 atom stereocenters. The van der Waals surface area contributed by atoms with Crippen LogP contribution in [0.5, 0.6) is 0 Å². The van der Waals surface area contributed by atoms with Gasteiger partial charge in [0, 0.05) is 32.0 Å². The Morgan fingerprint density at radius 1 is 1.27 bits per heavy atom. The summed E-state index contributed by atoms with van der Waals surface area (Å²) >= 11 is 0. The molecule has 118 valence electrons. The van der Waals surface area contributed by atoms with E-state index in [9.17, 15) is 14.4 Å². The van der Waals surface area contributed by atoms with Crippen LogP contribution in [-0.2, 0) is 9.59 Å². The first-order valence-corrected chi connectivity index (χ1v) is 7.40. The molecule has 0 aromatic carbocycles. The highest BCUT2D eigenvalue weighted by molar-refractivity contribution is 5.92. The number of carboxylic acids is 1. The highest BCUT2D eigenvalue weighted by Gasteiger charge is 2.45. The summed E-state index contributed by atoms with van der Waals surface area (Å²) in [4.78, 5) is 38.4. The molecule has 7 heteroatoms. The molecular weight excluding hydrogens is 288 g/mol. The van der Waals surface area contributed by atoms with Gasteiger partial charge in [0.05, 0.1) is 18.7 Å². The lowest BCUT2D eigenvalue weighted by molar-refractivity contribution is -0.140. The molecule has 0 radical (unpaired) electrons. The minimum absolute atomic E-state index is 0.00591. The number of aliphatic carboxylic acids is 1. The van der Waals surface area contributed by atoms with Crippen LogP contribution in [0.3, 0.4) is 0 Å². The summed E-state index contributed by atoms with van der Waals surface area (Å²) < 4.78 is 5.16. The summed E-state index contributed by atoms with van der Waals surface area (Å²) in [7, 11) is 0. The van der Waals surface area contributed by atoms with Crippen molar-refractivity contribution in [1.82, 2.24) is 9.80 Å². The van der Waals surface area contributed by atoms with Gasteiger partial charge in [0.15, 0.2) is 5.76 Å². The molecule has 0 spiro atoms. The van der Waals surface area contributed by atoms with Crippen molar-refractivity contribution in [1.29, 1.82) is 0 Å². The van der Waals surface area contributed by atoms with Gasteiger partial charge in [0.1, 0.15) is 0 Å². The Morgan fingerprint density at radius 3 is 2.77 bits per heavy atom. The second-order valence-electron chi connectivity index (χ2n) is 5.78. The molecule has 22 heavy (non-hydrogen) atoms. The maximum absolute atomic E-state index is 12.4. The van der Waals surface area contributed by atoms with E-state index in [4.69, 9.17) is 9.52 Å². The summed E-state index contributed by atoms with van der Waals surface area (Å²) in [5.74, 6) is -0.675. The molecule has 2 amide bonds. The lowest BCUT2D eigenvalue weighted by Gasteiger charge is -2.24. The van der Waals surface area contributed by atoms with Crippen LogP contribution in [0.2, 0.25) is 0 Å². The van der Waals surface area contributed by atoms with Crippen LogP contribution in [0.1, 0.15) is 29.8 Å². The van der Waals surface area contributed by atoms with Gasteiger partial charge in [0.2, 0.25) is 5.91 Å². The molecule has 2 fully saturated rings. The van der Waals surface area contributed by atoms with Crippen molar-refractivity contribution in [2.75, 3.05) is 19.6 Å². The number of hydrogen-bond donors (Lipinski definition) is 1. The summed E-state index contributed by atoms with van der Waals surface area (Å²) in [5, 5.41) is 8.65. The summed E-state index contributed by atoms with van der Waals surface area (Å²) in [5.41, 5.74) is 0. The van der Waals surface area contributed by atoms with Gasteiger partial charge in [-0.15, -0.1) is 0 Å². The van der Waals surface area contributed by atoms with E-state index in [1.165, 1.54) is 6.26 Å². The SMILES string of the molecule is O=C(O)CCC(=O)N1C[C@@H]2CCN(C(=O)c3ccco3)[C@@H]2C1. The Balaban J connectivity index is 1.62. The van der Waals surface area contributed by atoms with Crippen LogP contribution in [0.4, 0.5) is 0 Å². The number of rotatable bonds is 4. The van der Waals surface area contributed by atoms with Gasteiger partial charge >= 0.3 is 5.97 Å². The molecule has 2 aliphatic heterocycles. The lowest BCUT2D eigenvalue weighted by Crippen LogP contribution is -2.40. The molecule has 7 nitrogen and oxygen atoms in total. The van der Waals surface area contributed by atoms with Crippen molar-refractivity contribution >= 4 is 17.8 Å². The van der Waals surface area contributed by atoms with Gasteiger partial charge in [-0.3, -0.25) is 14.4 Å². The number of nitrogens with zero attached hydrogens (tertiary/aromatic N) is 2. The normalized spacial score (nSPS) is 23.6. The van der Waals surface area contributed by atoms with Crippen molar-refractivity contribution in [3.8, 4) is 0 Å². The predicted octanol–water partition coefficient (Wildman–Crippen LogP) is 0.817. The Labute approximate surface area is 127 Å². The molecule has 1 aromatic rings. The first kappa shape index (κ1) is 14.6. The Bertz CT molecular complexity index is 583. The second kappa shape index (κ2) is 5.82. The number of amides is 2. The zero-order valence-electron chi connectivity index (χ0n) is 12.1. The van der Waals surface area contributed by atoms with E-state index < -0.39 is 5.97 Å². The fourth-order valence-electron chi connectivity index (χ4n) is 3.33. The van der Waals surface area contributed by atoms with E-state index in [2.05, 4.69) is 0 Å². The number of fused-ring (bicyclic) bond motifs is 1. The number of carboxylic acid groups (broad SMARTS) is 1. The van der Waals surface area contributed by atoms with Gasteiger partial charge in [-0.2, -0.15) is 0 Å². The quantitative estimate of drug-likeness (QED) is 0.889. The number of likely N-dealkylation sites (tertiary alicyclic amines) is 2. The van der Waals surface area contributed by atoms with E-state index >= 15 is 0 Å². The maximum atomic E-state index is 12.4. The van der Waals surface area contributed by atoms with Crippen LogP contribution >= 0.6 is 0 Å². The third-order valence-corrected chi connectivity index (χ3v) is 4.45. The Kier molecular flexibility index (Phi) is 3.87. The lowest BCUT2D eigenvalue weighted by atomic mass is 10.1. The van der Waals surface area contributed by atoms with Crippen molar-refractivity contribution in [3.63, 3.8) is 0 Å². The second-order valence-corrected chi connectivity index (χ2v) is 5.78. The number of carbonyl (C=O) groups is 3. The molecule has 0 saturated carbocycles. The van der Waals surface area contributed by atoms with Gasteiger partial charge in [-0.25, -0.2) is 0 Å². The topological polar surface area (TPSA) is 91.1 Å². The zero-order valence-corrected chi connectivity index (χ0v) is 12.1. The summed E-state index contributed by atoms with van der Waals surface area (Å²) in [6.45, 7) is 1.76. The van der Waals surface area contributed by atoms with E-state index in [0.717, 1.165) is 6.42 Å². The maximum Gasteiger partial charge on any atom is 0.303 e. The van der Waals surface area contributed by atoms with Crippen LogP contribution in [0, 0.1) is 5.92 Å². The van der Waals surface area contributed by atoms with Gasteiger partial charge in [0.25, 0.3) is 5.91 Å². The first-order chi connectivity index (χ1) is 10.6. The molecule has 0 unspecified atom stereocenters. The van der Waals surface area contributed by atoms with Crippen LogP contribution in [0.15, 0.2) is 22.8 Å². The summed E-state index contributed by atoms with van der Waals surface area (Å²) in [6.07, 6.45) is 2.19. The largest absolute Gasteiger partial charge is 0.481 e. The molecule has 2 aliphatic rings. The number of hydrogen-bond acceptors (Lipinski definition) is 4. The van der Waals surface area contributed by atoms with Crippen molar-refractivity contribution in [3.05, 3.63) is 24.2 Å². The third-order valence-electron chi connectivity index (χ3n) is 4.45. The molecule has 3 rings (SSSR count). The van der Waals surface area contributed by atoms with E-state index in [1.54, 1.807) is 21.9 Å². The molecule has 2 saturated heterocycles. The van der Waals surface area contributed by atoms with Crippen molar-refractivity contribution in [2.45, 2.75) is 25.3 Å². The highest BCUT2D eigenvalue weighted by atomic mass is 16.4. The predicted molar refractivity (Wildman–Crippen MR) is 75.1 cm³/mol. The number of furan rings is 1. The molecule has 1 aromatic heterocycles. The fraction of sp³-hybridized carbons (Fsp3) is 0.533. The van der Waals surface area contributed by atoms with Gasteiger partial charge in [-0.1, -0.05) is 0 Å². The molecule has 1 N–H and O–H groups in total. The minimum Gasteiger partial charge on any atom is -0.481 e. The van der Waals surface area contributed by atoms with E-state index in [1.807, 2.05) is 0 Å². The van der Waals surface area contributed by atoms with Crippen LogP contribution in [-0.4, -0.2) is 58.4 Å². The smallest absolute Gasteiger partial charge is 0.303 e. The standard InChI is InChI=1S/C15H18N2O5/c18-13(3-4-14(19)20)16-8-10-5-6-17(11(10)9-16)15(21)12-2-1-7-22-12/h1-2,7,10-11H,3-6,8-9H2,(H,19,20)/t10-,11+/m0/s1. The molecule has 0 aliphatic carbocycles. The average molecular weight is 306 g/mol. The number of carbonyl (C=O) groups excluding carboxylic acids is 2. The first-order valence-electron chi connectivity index (χ1n) is 7.40. The Morgan fingerprint density at radius 2 is 2.09 bits per heavy atom. The Hall–Kier alpha value is -2.31. The average Bonchev–Trinajstić information content (AvgIpc) is 3.19. The van der Waals surface area contributed by atoms with Gasteiger partial charge < -0.3 is 19.3 Å². The van der Waals surface area contributed by atoms with Crippen LogP contribution in [0.25, 0.3) is 0 Å². The van der Waals surface area contributed by atoms with Crippen LogP contribution < -0.4 is 0 Å². The van der Waals surface area contributed by atoms with E-state index in [0.29, 0.717) is 25.4 Å². The van der Waals surface area contributed by atoms with Crippen molar-refractivity contribution < 1.29 is 23.9 Å². The fourth-order valence-corrected chi connectivity index (χ4v) is 3.33. The van der Waals surface area contributed by atoms with Gasteiger partial charge in [-0.05, 0) is 18.6 Å². The minimum atomic E-state index is -0.970. The third kappa shape index (κ3) is 2.70. The molecular formula is C15H18N2O5. The van der Waals surface area contributed by atoms with E-state index in [-0.39, 0.29) is 36.6 Å². The summed E-state index contributed by atoms with van der Waals surface area (Å²) in [6, 6.07) is 3.32. The van der Waals surface area contributed by atoms with Crippen molar-refractivity contribution in [2.24, 2.45) is 5.92 Å². The molecule has 3 heterocycles. The highest BCUT2D eigenvalue weighted by Crippen LogP contribution is 2.32.